The number of aliphatic hydroxyl groups excluding tert-OH is 1. The maximum Gasteiger partial charge on any atom is 0.159 e. The van der Waals surface area contributed by atoms with E-state index in [1.807, 2.05) is 6.07 Å². The van der Waals surface area contributed by atoms with Crippen LogP contribution in [0.5, 0.6) is 0 Å². The molecule has 2 rings (SSSR count). The molecule has 1 N–H and O–H groups in total. The highest BCUT2D eigenvalue weighted by atomic mass is 79.9. The van der Waals surface area contributed by atoms with Gasteiger partial charge in [0.2, 0.25) is 0 Å². The Balaban J connectivity index is 2.77. The monoisotopic (exact) mass is 241 g/mol. The lowest BCUT2D eigenvalue weighted by molar-refractivity contribution is 0.194. The van der Waals surface area contributed by atoms with Crippen LogP contribution in [0.3, 0.4) is 0 Å². The van der Waals surface area contributed by atoms with Crippen LogP contribution in [-0.4, -0.2) is 10.1 Å². The summed E-state index contributed by atoms with van der Waals surface area (Å²) in [6.07, 6.45) is 2.64. The fourth-order valence-electron chi connectivity index (χ4n) is 1.25. The smallest absolute Gasteiger partial charge is 0.159 e. The summed E-state index contributed by atoms with van der Waals surface area (Å²) in [5.41, 5.74) is 1.22. The summed E-state index contributed by atoms with van der Waals surface area (Å²) < 4.78 is 6.15. The molecular formula is C9H8BrNO2. The second kappa shape index (κ2) is 3.12. The van der Waals surface area contributed by atoms with Crippen molar-refractivity contribution in [2.45, 2.75) is 13.0 Å². The van der Waals surface area contributed by atoms with Gasteiger partial charge in [-0.05, 0) is 28.9 Å². The second-order valence-corrected chi connectivity index (χ2v) is 3.69. The number of halogens is 1. The standard InChI is InChI=1S/C9H8BrNO2/c1-5(12)8-9-6(2-3-11-8)7(10)4-13-9/h2-5,12H,1H3. The predicted octanol–water partition coefficient (Wildman–Crippen LogP) is 2.64. The van der Waals surface area contributed by atoms with E-state index >= 15 is 0 Å². The van der Waals surface area contributed by atoms with Crippen LogP contribution in [0.1, 0.15) is 18.7 Å². The maximum atomic E-state index is 9.39. The van der Waals surface area contributed by atoms with Crippen LogP contribution in [0.15, 0.2) is 27.4 Å². The van der Waals surface area contributed by atoms with E-state index in [2.05, 4.69) is 20.9 Å². The Kier molecular flexibility index (Phi) is 2.09. The van der Waals surface area contributed by atoms with Crippen LogP contribution in [0.2, 0.25) is 0 Å². The van der Waals surface area contributed by atoms with Gasteiger partial charge in [0.1, 0.15) is 12.0 Å². The Morgan fingerprint density at radius 1 is 1.62 bits per heavy atom. The summed E-state index contributed by atoms with van der Waals surface area (Å²) >= 11 is 3.35. The van der Waals surface area contributed by atoms with Crippen molar-refractivity contribution < 1.29 is 9.52 Å². The van der Waals surface area contributed by atoms with Crippen LogP contribution in [0.25, 0.3) is 11.0 Å². The molecule has 2 aromatic rings. The maximum absolute atomic E-state index is 9.39. The zero-order chi connectivity index (χ0) is 9.42. The predicted molar refractivity (Wildman–Crippen MR) is 52.3 cm³/mol. The topological polar surface area (TPSA) is 46.3 Å². The lowest BCUT2D eigenvalue weighted by Crippen LogP contribution is -1.94. The number of hydrogen-bond acceptors (Lipinski definition) is 3. The summed E-state index contributed by atoms with van der Waals surface area (Å²) in [7, 11) is 0. The van der Waals surface area contributed by atoms with E-state index in [4.69, 9.17) is 4.42 Å². The van der Waals surface area contributed by atoms with E-state index in [-0.39, 0.29) is 0 Å². The fourth-order valence-corrected chi connectivity index (χ4v) is 1.65. The number of hydrogen-bond donors (Lipinski definition) is 1. The van der Waals surface area contributed by atoms with E-state index in [1.54, 1.807) is 19.4 Å². The molecule has 68 valence electrons. The highest BCUT2D eigenvalue weighted by Gasteiger charge is 2.12. The van der Waals surface area contributed by atoms with Crippen LogP contribution < -0.4 is 0 Å². The average molecular weight is 242 g/mol. The first-order valence-electron chi connectivity index (χ1n) is 3.90. The third kappa shape index (κ3) is 1.36. The van der Waals surface area contributed by atoms with Crippen molar-refractivity contribution in [2.75, 3.05) is 0 Å². The summed E-state index contributed by atoms with van der Waals surface area (Å²) in [5.74, 6) is 0. The van der Waals surface area contributed by atoms with E-state index in [0.717, 1.165) is 9.86 Å². The molecule has 0 saturated carbocycles. The van der Waals surface area contributed by atoms with Gasteiger partial charge < -0.3 is 9.52 Å². The van der Waals surface area contributed by atoms with Crippen LogP contribution >= 0.6 is 15.9 Å². The van der Waals surface area contributed by atoms with E-state index < -0.39 is 6.10 Å². The van der Waals surface area contributed by atoms with E-state index in [9.17, 15) is 5.11 Å². The normalized spacial score (nSPS) is 13.5. The number of fused-ring (bicyclic) bond motifs is 1. The first-order valence-corrected chi connectivity index (χ1v) is 4.69. The number of pyridine rings is 1. The minimum absolute atomic E-state index is 0.572. The fraction of sp³-hybridized carbons (Fsp3) is 0.222. The van der Waals surface area contributed by atoms with Crippen molar-refractivity contribution in [2.24, 2.45) is 0 Å². The molecule has 2 aromatic heterocycles. The molecule has 1 unspecified atom stereocenters. The number of nitrogens with zero attached hydrogens (tertiary/aromatic N) is 1. The summed E-state index contributed by atoms with van der Waals surface area (Å²) in [5, 5.41) is 10.3. The van der Waals surface area contributed by atoms with E-state index in [1.165, 1.54) is 0 Å². The van der Waals surface area contributed by atoms with Crippen molar-refractivity contribution in [3.05, 3.63) is 28.7 Å². The average Bonchev–Trinajstić information content (AvgIpc) is 2.48. The minimum atomic E-state index is -0.609. The molecule has 0 bridgehead atoms. The zero-order valence-corrected chi connectivity index (χ0v) is 8.58. The molecule has 0 aliphatic carbocycles. The quantitative estimate of drug-likeness (QED) is 0.836. The number of aliphatic hydroxyl groups is 1. The van der Waals surface area contributed by atoms with Gasteiger partial charge in [-0.1, -0.05) is 0 Å². The van der Waals surface area contributed by atoms with Crippen molar-refractivity contribution >= 4 is 26.9 Å². The Morgan fingerprint density at radius 2 is 2.38 bits per heavy atom. The molecule has 0 amide bonds. The SMILES string of the molecule is CC(O)c1nccc2c(Br)coc12. The van der Waals surface area contributed by atoms with E-state index in [0.29, 0.717) is 11.3 Å². The molecule has 4 heteroatoms. The van der Waals surface area contributed by atoms with Gasteiger partial charge >= 0.3 is 0 Å². The molecule has 0 spiro atoms. The molecule has 0 radical (unpaired) electrons. The molecule has 3 nitrogen and oxygen atoms in total. The van der Waals surface area contributed by atoms with Crippen LogP contribution in [0, 0.1) is 0 Å². The summed E-state index contributed by atoms with van der Waals surface area (Å²) in [4.78, 5) is 4.06. The van der Waals surface area contributed by atoms with Crippen molar-refractivity contribution in [1.82, 2.24) is 4.98 Å². The zero-order valence-electron chi connectivity index (χ0n) is 6.99. The summed E-state index contributed by atoms with van der Waals surface area (Å²) in [6, 6.07) is 1.84. The number of furan rings is 1. The van der Waals surface area contributed by atoms with Crippen LogP contribution in [-0.2, 0) is 0 Å². The molecule has 0 saturated heterocycles. The Bertz CT molecular complexity index is 436. The second-order valence-electron chi connectivity index (χ2n) is 2.83. The third-order valence-electron chi connectivity index (χ3n) is 1.87. The highest BCUT2D eigenvalue weighted by Crippen LogP contribution is 2.29. The van der Waals surface area contributed by atoms with Gasteiger partial charge in [0, 0.05) is 11.6 Å². The van der Waals surface area contributed by atoms with Crippen LogP contribution in [0.4, 0.5) is 0 Å². The minimum Gasteiger partial charge on any atom is -0.461 e. The van der Waals surface area contributed by atoms with Crippen molar-refractivity contribution in [3.8, 4) is 0 Å². The number of aromatic nitrogens is 1. The first-order chi connectivity index (χ1) is 6.20. The van der Waals surface area contributed by atoms with Crippen molar-refractivity contribution in [1.29, 1.82) is 0 Å². The molecule has 2 heterocycles. The Labute approximate surface area is 83.5 Å². The number of rotatable bonds is 1. The van der Waals surface area contributed by atoms with Gasteiger partial charge in [0.25, 0.3) is 0 Å². The highest BCUT2D eigenvalue weighted by molar-refractivity contribution is 9.10. The van der Waals surface area contributed by atoms with Gasteiger partial charge in [-0.25, -0.2) is 0 Å². The molecule has 0 aliphatic heterocycles. The lowest BCUT2D eigenvalue weighted by Gasteiger charge is -2.02. The van der Waals surface area contributed by atoms with Gasteiger partial charge in [0.15, 0.2) is 5.58 Å². The van der Waals surface area contributed by atoms with Crippen molar-refractivity contribution in [3.63, 3.8) is 0 Å². The van der Waals surface area contributed by atoms with Gasteiger partial charge in [-0.3, -0.25) is 4.98 Å². The molecule has 0 aromatic carbocycles. The third-order valence-corrected chi connectivity index (χ3v) is 2.48. The molecule has 13 heavy (non-hydrogen) atoms. The largest absolute Gasteiger partial charge is 0.461 e. The Hall–Kier alpha value is -0.870. The Morgan fingerprint density at radius 3 is 3.08 bits per heavy atom. The molecule has 0 aliphatic rings. The first kappa shape index (κ1) is 8.72. The van der Waals surface area contributed by atoms with Gasteiger partial charge in [-0.2, -0.15) is 0 Å². The van der Waals surface area contributed by atoms with Gasteiger partial charge in [0.05, 0.1) is 10.6 Å². The molecular weight excluding hydrogens is 234 g/mol. The summed E-state index contributed by atoms with van der Waals surface area (Å²) in [6.45, 7) is 1.66. The lowest BCUT2D eigenvalue weighted by atomic mass is 10.2. The van der Waals surface area contributed by atoms with Gasteiger partial charge in [-0.15, -0.1) is 0 Å². The molecule has 1 atom stereocenters. The molecule has 0 fully saturated rings.